The SMILES string of the molecule is COc1cccc(NC(=O)c2cccc(C(=O)N3CCCC(C)C3)n2)c1. The summed E-state index contributed by atoms with van der Waals surface area (Å²) in [5.41, 5.74) is 1.12. The lowest BCUT2D eigenvalue weighted by Gasteiger charge is -2.30. The molecule has 0 bridgehead atoms. The van der Waals surface area contributed by atoms with Gasteiger partial charge in [0.1, 0.15) is 17.1 Å². The number of hydrogen-bond donors (Lipinski definition) is 1. The molecule has 1 atom stereocenters. The Hall–Kier alpha value is -2.89. The van der Waals surface area contributed by atoms with Crippen LogP contribution in [-0.2, 0) is 0 Å². The van der Waals surface area contributed by atoms with Gasteiger partial charge in [-0.2, -0.15) is 0 Å². The topological polar surface area (TPSA) is 71.5 Å². The normalized spacial score (nSPS) is 16.8. The second-order valence-corrected chi connectivity index (χ2v) is 6.59. The van der Waals surface area contributed by atoms with Crippen LogP contribution in [0, 0.1) is 5.92 Å². The van der Waals surface area contributed by atoms with Gasteiger partial charge in [-0.25, -0.2) is 4.98 Å². The van der Waals surface area contributed by atoms with E-state index in [-0.39, 0.29) is 17.5 Å². The zero-order chi connectivity index (χ0) is 18.5. The van der Waals surface area contributed by atoms with Crippen LogP contribution in [0.5, 0.6) is 5.75 Å². The van der Waals surface area contributed by atoms with Gasteiger partial charge in [0.15, 0.2) is 0 Å². The first-order valence-electron chi connectivity index (χ1n) is 8.78. The number of ether oxygens (including phenoxy) is 1. The van der Waals surface area contributed by atoms with E-state index in [0.717, 1.165) is 25.9 Å². The fraction of sp³-hybridized carbons (Fsp3) is 0.350. The summed E-state index contributed by atoms with van der Waals surface area (Å²) in [6, 6.07) is 12.0. The number of nitrogens with one attached hydrogen (secondary N) is 1. The van der Waals surface area contributed by atoms with Crippen molar-refractivity contribution in [3.8, 4) is 5.75 Å². The third kappa shape index (κ3) is 4.20. The van der Waals surface area contributed by atoms with Gasteiger partial charge in [0, 0.05) is 24.8 Å². The number of amides is 2. The van der Waals surface area contributed by atoms with Crippen molar-refractivity contribution in [2.24, 2.45) is 5.92 Å². The molecule has 1 aliphatic heterocycles. The largest absolute Gasteiger partial charge is 0.497 e. The molecule has 1 unspecified atom stereocenters. The number of methoxy groups -OCH3 is 1. The first kappa shape index (κ1) is 17.9. The Morgan fingerprint density at radius 1 is 1.19 bits per heavy atom. The Kier molecular flexibility index (Phi) is 5.51. The van der Waals surface area contributed by atoms with E-state index in [1.54, 1.807) is 49.6 Å². The van der Waals surface area contributed by atoms with E-state index in [0.29, 0.717) is 23.0 Å². The number of hydrogen-bond acceptors (Lipinski definition) is 4. The second-order valence-electron chi connectivity index (χ2n) is 6.59. The van der Waals surface area contributed by atoms with Crippen molar-refractivity contribution in [2.45, 2.75) is 19.8 Å². The number of anilines is 1. The maximum atomic E-state index is 12.7. The van der Waals surface area contributed by atoms with Gasteiger partial charge in [0.05, 0.1) is 7.11 Å². The zero-order valence-electron chi connectivity index (χ0n) is 15.1. The number of carbonyl (C=O) groups excluding carboxylic acids is 2. The summed E-state index contributed by atoms with van der Waals surface area (Å²) in [5.74, 6) is 0.665. The molecule has 0 saturated carbocycles. The van der Waals surface area contributed by atoms with E-state index in [1.165, 1.54) is 0 Å². The number of piperidine rings is 1. The summed E-state index contributed by atoms with van der Waals surface area (Å²) in [6.07, 6.45) is 2.14. The lowest BCUT2D eigenvalue weighted by Crippen LogP contribution is -2.39. The fourth-order valence-electron chi connectivity index (χ4n) is 3.11. The van der Waals surface area contributed by atoms with Gasteiger partial charge in [0.2, 0.25) is 0 Å². The van der Waals surface area contributed by atoms with Gasteiger partial charge >= 0.3 is 0 Å². The molecule has 26 heavy (non-hydrogen) atoms. The molecule has 0 aliphatic carbocycles. The van der Waals surface area contributed by atoms with Gasteiger partial charge in [0.25, 0.3) is 11.8 Å². The van der Waals surface area contributed by atoms with E-state index in [4.69, 9.17) is 4.74 Å². The van der Waals surface area contributed by atoms with Crippen LogP contribution < -0.4 is 10.1 Å². The molecule has 2 aromatic rings. The van der Waals surface area contributed by atoms with E-state index in [2.05, 4.69) is 17.2 Å². The number of carbonyl (C=O) groups is 2. The molecule has 1 saturated heterocycles. The molecule has 1 fully saturated rings. The highest BCUT2D eigenvalue weighted by molar-refractivity contribution is 6.04. The van der Waals surface area contributed by atoms with Gasteiger partial charge in [-0.05, 0) is 43.0 Å². The summed E-state index contributed by atoms with van der Waals surface area (Å²) in [4.78, 5) is 31.3. The molecular weight excluding hydrogens is 330 g/mol. The van der Waals surface area contributed by atoms with Crippen molar-refractivity contribution < 1.29 is 14.3 Å². The van der Waals surface area contributed by atoms with Crippen molar-refractivity contribution in [1.29, 1.82) is 0 Å². The first-order chi connectivity index (χ1) is 12.6. The molecule has 1 aliphatic rings. The molecule has 6 nitrogen and oxygen atoms in total. The number of rotatable bonds is 4. The van der Waals surface area contributed by atoms with Crippen LogP contribution in [0.15, 0.2) is 42.5 Å². The third-order valence-corrected chi connectivity index (χ3v) is 4.47. The lowest BCUT2D eigenvalue weighted by molar-refractivity contribution is 0.0677. The molecule has 0 radical (unpaired) electrons. The fourth-order valence-corrected chi connectivity index (χ4v) is 3.11. The molecule has 1 N–H and O–H groups in total. The molecule has 136 valence electrons. The van der Waals surface area contributed by atoms with Crippen LogP contribution in [0.3, 0.4) is 0 Å². The standard InChI is InChI=1S/C20H23N3O3/c1-14-6-5-11-23(13-14)20(25)18-10-4-9-17(22-18)19(24)21-15-7-3-8-16(12-15)26-2/h3-4,7-10,12,14H,5-6,11,13H2,1-2H3,(H,21,24). The molecule has 1 aromatic carbocycles. The van der Waals surface area contributed by atoms with Crippen molar-refractivity contribution in [3.63, 3.8) is 0 Å². The van der Waals surface area contributed by atoms with E-state index >= 15 is 0 Å². The van der Waals surface area contributed by atoms with Crippen molar-refractivity contribution >= 4 is 17.5 Å². The van der Waals surface area contributed by atoms with E-state index in [9.17, 15) is 9.59 Å². The first-order valence-corrected chi connectivity index (χ1v) is 8.78. The predicted octanol–water partition coefficient (Wildman–Crippen LogP) is 3.21. The maximum Gasteiger partial charge on any atom is 0.274 e. The van der Waals surface area contributed by atoms with Gasteiger partial charge in [-0.3, -0.25) is 9.59 Å². The van der Waals surface area contributed by atoms with Crippen molar-refractivity contribution in [3.05, 3.63) is 53.9 Å². The second kappa shape index (κ2) is 7.99. The van der Waals surface area contributed by atoms with Crippen molar-refractivity contribution in [2.75, 3.05) is 25.5 Å². The highest BCUT2D eigenvalue weighted by atomic mass is 16.5. The Labute approximate surface area is 153 Å². The summed E-state index contributed by atoms with van der Waals surface area (Å²) in [6.45, 7) is 3.62. The Bertz CT molecular complexity index is 806. The highest BCUT2D eigenvalue weighted by Gasteiger charge is 2.23. The average molecular weight is 353 g/mol. The Balaban J connectivity index is 1.73. The average Bonchev–Trinajstić information content (AvgIpc) is 2.67. The summed E-state index contributed by atoms with van der Waals surface area (Å²) >= 11 is 0. The minimum Gasteiger partial charge on any atom is -0.497 e. The van der Waals surface area contributed by atoms with Crippen LogP contribution in [-0.4, -0.2) is 41.9 Å². The number of nitrogens with zero attached hydrogens (tertiary/aromatic N) is 2. The third-order valence-electron chi connectivity index (χ3n) is 4.47. The number of benzene rings is 1. The number of likely N-dealkylation sites (tertiary alicyclic amines) is 1. The smallest absolute Gasteiger partial charge is 0.274 e. The Morgan fingerprint density at radius 3 is 2.73 bits per heavy atom. The molecule has 6 heteroatoms. The summed E-state index contributed by atoms with van der Waals surface area (Å²) in [7, 11) is 1.57. The summed E-state index contributed by atoms with van der Waals surface area (Å²) < 4.78 is 5.15. The van der Waals surface area contributed by atoms with E-state index < -0.39 is 0 Å². The highest BCUT2D eigenvalue weighted by Crippen LogP contribution is 2.19. The van der Waals surface area contributed by atoms with Crippen LogP contribution in [0.25, 0.3) is 0 Å². The number of aromatic nitrogens is 1. The predicted molar refractivity (Wildman–Crippen MR) is 99.5 cm³/mol. The van der Waals surface area contributed by atoms with Crippen LogP contribution in [0.4, 0.5) is 5.69 Å². The molecule has 2 heterocycles. The minimum atomic E-state index is -0.361. The zero-order valence-corrected chi connectivity index (χ0v) is 15.1. The molecule has 3 rings (SSSR count). The summed E-state index contributed by atoms with van der Waals surface area (Å²) in [5, 5.41) is 2.78. The lowest BCUT2D eigenvalue weighted by atomic mass is 10.00. The van der Waals surface area contributed by atoms with Crippen LogP contribution >= 0.6 is 0 Å². The van der Waals surface area contributed by atoms with Gasteiger partial charge < -0.3 is 15.0 Å². The Morgan fingerprint density at radius 2 is 1.96 bits per heavy atom. The van der Waals surface area contributed by atoms with Crippen LogP contribution in [0.1, 0.15) is 40.7 Å². The molecule has 1 aromatic heterocycles. The monoisotopic (exact) mass is 353 g/mol. The molecular formula is C20H23N3O3. The maximum absolute atomic E-state index is 12.7. The van der Waals surface area contributed by atoms with Gasteiger partial charge in [-0.1, -0.05) is 19.1 Å². The van der Waals surface area contributed by atoms with Crippen molar-refractivity contribution in [1.82, 2.24) is 9.88 Å². The minimum absolute atomic E-state index is 0.118. The number of pyridine rings is 1. The quantitative estimate of drug-likeness (QED) is 0.916. The van der Waals surface area contributed by atoms with E-state index in [1.807, 2.05) is 4.90 Å². The van der Waals surface area contributed by atoms with Gasteiger partial charge in [-0.15, -0.1) is 0 Å². The molecule has 2 amide bonds. The molecule has 0 spiro atoms. The van der Waals surface area contributed by atoms with Crippen LogP contribution in [0.2, 0.25) is 0 Å².